The molecule has 1 aromatic heterocycles. The first kappa shape index (κ1) is 9.99. The van der Waals surface area contributed by atoms with Crippen molar-refractivity contribution in [3.05, 3.63) is 59.2 Å². The lowest BCUT2D eigenvalue weighted by molar-refractivity contribution is -0.358. The highest BCUT2D eigenvalue weighted by atomic mass is 35.5. The topological polar surface area (TPSA) is 26.2 Å². The van der Waals surface area contributed by atoms with Crippen LogP contribution in [0.1, 0.15) is 5.56 Å². The Morgan fingerprint density at radius 2 is 1.80 bits per heavy atom. The lowest BCUT2D eigenvalue weighted by Crippen LogP contribution is -2.13. The minimum absolute atomic E-state index is 0.632. The molecule has 0 radical (unpaired) electrons. The molecular formula is C12H12ClN2+. The molecule has 0 aliphatic heterocycles. The Morgan fingerprint density at radius 3 is 2.53 bits per heavy atom. The van der Waals surface area contributed by atoms with Crippen LogP contribution in [0.3, 0.4) is 0 Å². The highest BCUT2D eigenvalue weighted by Crippen LogP contribution is 2.05. The van der Waals surface area contributed by atoms with Crippen molar-refractivity contribution in [2.45, 2.75) is 6.54 Å². The lowest BCUT2D eigenvalue weighted by Gasteiger charge is -1.99. The maximum absolute atomic E-state index is 5.83. The van der Waals surface area contributed by atoms with Gasteiger partial charge in [-0.2, -0.15) is 0 Å². The third kappa shape index (κ3) is 2.96. The second kappa shape index (κ2) is 4.80. The first-order valence-electron chi connectivity index (χ1n) is 4.80. The summed E-state index contributed by atoms with van der Waals surface area (Å²) in [5, 5.41) is 3.89. The van der Waals surface area contributed by atoms with Crippen molar-refractivity contribution >= 4 is 17.4 Å². The molecule has 1 heterocycles. The van der Waals surface area contributed by atoms with Crippen molar-refractivity contribution in [2.24, 2.45) is 0 Å². The van der Waals surface area contributed by atoms with Crippen LogP contribution in [-0.4, -0.2) is 0 Å². The van der Waals surface area contributed by atoms with Crippen LogP contribution in [0.2, 0.25) is 5.15 Å². The molecule has 0 aliphatic rings. The number of hydrogen-bond donors (Lipinski definition) is 1. The van der Waals surface area contributed by atoms with E-state index >= 15 is 0 Å². The van der Waals surface area contributed by atoms with E-state index in [4.69, 9.17) is 11.6 Å². The molecular weight excluding hydrogens is 208 g/mol. The Bertz CT molecular complexity index is 429. The van der Waals surface area contributed by atoms with Crippen molar-refractivity contribution in [2.75, 3.05) is 5.32 Å². The van der Waals surface area contributed by atoms with E-state index in [0.717, 1.165) is 12.4 Å². The minimum Gasteiger partial charge on any atom is -0.270 e. The number of halogens is 1. The van der Waals surface area contributed by atoms with Crippen LogP contribution in [0, 0.1) is 0 Å². The van der Waals surface area contributed by atoms with Crippen LogP contribution >= 0.6 is 11.6 Å². The molecule has 2 nitrogen and oxygen atoms in total. The summed E-state index contributed by atoms with van der Waals surface area (Å²) in [5.41, 5.74) is 1.24. The zero-order valence-corrected chi connectivity index (χ0v) is 8.96. The molecule has 1 aromatic carbocycles. The lowest BCUT2D eigenvalue weighted by atomic mass is 10.2. The van der Waals surface area contributed by atoms with E-state index in [1.807, 2.05) is 36.4 Å². The molecule has 2 aromatic rings. The summed E-state index contributed by atoms with van der Waals surface area (Å²) in [4.78, 5) is 3.03. The average Bonchev–Trinajstić information content (AvgIpc) is 2.28. The molecule has 2 rings (SSSR count). The molecule has 2 N–H and O–H groups in total. The summed E-state index contributed by atoms with van der Waals surface area (Å²) in [7, 11) is 0. The second-order valence-corrected chi connectivity index (χ2v) is 3.66. The van der Waals surface area contributed by atoms with Gasteiger partial charge in [-0.1, -0.05) is 30.3 Å². The van der Waals surface area contributed by atoms with Crippen LogP contribution in [0.15, 0.2) is 48.5 Å². The van der Waals surface area contributed by atoms with Crippen molar-refractivity contribution in [3.63, 3.8) is 0 Å². The second-order valence-electron chi connectivity index (χ2n) is 3.25. The minimum atomic E-state index is 0.632. The summed E-state index contributed by atoms with van der Waals surface area (Å²) in [5.74, 6) is 0.923. The largest absolute Gasteiger partial charge is 0.273 e. The van der Waals surface area contributed by atoms with Gasteiger partial charge in [-0.25, -0.2) is 4.98 Å². The van der Waals surface area contributed by atoms with E-state index in [2.05, 4.69) is 22.4 Å². The summed E-state index contributed by atoms with van der Waals surface area (Å²) < 4.78 is 0. The van der Waals surface area contributed by atoms with Gasteiger partial charge in [-0.15, -0.1) is 0 Å². The summed E-state index contributed by atoms with van der Waals surface area (Å²) in [6.45, 7) is 0.789. The number of anilines is 1. The Labute approximate surface area is 93.9 Å². The standard InChI is InChI=1S/C12H11ClN2/c13-11-7-4-8-12(15-11)14-9-10-5-2-1-3-6-10/h1-8H,9H2,(H,14,15)/p+1. The average molecular weight is 220 g/mol. The van der Waals surface area contributed by atoms with Crippen molar-refractivity contribution in [1.82, 2.24) is 0 Å². The molecule has 0 bridgehead atoms. The van der Waals surface area contributed by atoms with Crippen LogP contribution < -0.4 is 10.3 Å². The van der Waals surface area contributed by atoms with Crippen LogP contribution in [0.25, 0.3) is 0 Å². The SMILES string of the molecule is Clc1cccc(NCc2ccccc2)[nH+]1. The molecule has 0 saturated carbocycles. The zero-order chi connectivity index (χ0) is 10.5. The van der Waals surface area contributed by atoms with E-state index in [1.54, 1.807) is 0 Å². The highest BCUT2D eigenvalue weighted by molar-refractivity contribution is 6.28. The third-order valence-corrected chi connectivity index (χ3v) is 2.31. The number of aromatic amines is 1. The molecule has 0 spiro atoms. The molecule has 0 fully saturated rings. The number of H-pyrrole nitrogens is 1. The first-order valence-corrected chi connectivity index (χ1v) is 5.18. The van der Waals surface area contributed by atoms with Gasteiger partial charge < -0.3 is 0 Å². The number of rotatable bonds is 3. The van der Waals surface area contributed by atoms with Gasteiger partial charge in [0.15, 0.2) is 5.15 Å². The number of benzene rings is 1. The van der Waals surface area contributed by atoms with E-state index in [9.17, 15) is 0 Å². The van der Waals surface area contributed by atoms with Crippen molar-refractivity contribution < 1.29 is 4.98 Å². The normalized spacial score (nSPS) is 9.93. The van der Waals surface area contributed by atoms with Gasteiger partial charge in [-0.3, -0.25) is 5.32 Å². The quantitative estimate of drug-likeness (QED) is 0.790. The number of pyridine rings is 1. The van der Waals surface area contributed by atoms with E-state index in [-0.39, 0.29) is 0 Å². The Kier molecular flexibility index (Phi) is 3.20. The van der Waals surface area contributed by atoms with Crippen molar-refractivity contribution in [1.29, 1.82) is 0 Å². The molecule has 0 amide bonds. The van der Waals surface area contributed by atoms with Gasteiger partial charge in [0.25, 0.3) is 5.82 Å². The monoisotopic (exact) mass is 219 g/mol. The predicted molar refractivity (Wildman–Crippen MR) is 61.8 cm³/mol. The molecule has 0 saturated heterocycles. The van der Waals surface area contributed by atoms with Crippen LogP contribution in [-0.2, 0) is 6.54 Å². The van der Waals surface area contributed by atoms with Crippen molar-refractivity contribution in [3.8, 4) is 0 Å². The Hall–Kier alpha value is -1.54. The smallest absolute Gasteiger partial charge is 0.270 e. The van der Waals surface area contributed by atoms with Gasteiger partial charge in [-0.05, 0) is 29.3 Å². The van der Waals surface area contributed by atoms with E-state index in [1.165, 1.54) is 5.56 Å². The van der Waals surface area contributed by atoms with Gasteiger partial charge in [0, 0.05) is 6.07 Å². The summed E-state index contributed by atoms with van der Waals surface area (Å²) >= 11 is 5.83. The highest BCUT2D eigenvalue weighted by Gasteiger charge is 2.01. The fraction of sp³-hybridized carbons (Fsp3) is 0.0833. The maximum atomic E-state index is 5.83. The number of aromatic nitrogens is 1. The predicted octanol–water partition coefficient (Wildman–Crippen LogP) is 2.77. The Balaban J connectivity index is 1.99. The Morgan fingerprint density at radius 1 is 1.00 bits per heavy atom. The van der Waals surface area contributed by atoms with Gasteiger partial charge in [0.05, 0.1) is 0 Å². The first-order chi connectivity index (χ1) is 7.34. The van der Waals surface area contributed by atoms with E-state index < -0.39 is 0 Å². The zero-order valence-electron chi connectivity index (χ0n) is 8.20. The summed E-state index contributed by atoms with van der Waals surface area (Å²) in [6, 6.07) is 15.9. The molecule has 3 heteroatoms. The molecule has 76 valence electrons. The van der Waals surface area contributed by atoms with Crippen LogP contribution in [0.5, 0.6) is 0 Å². The van der Waals surface area contributed by atoms with Crippen LogP contribution in [0.4, 0.5) is 5.82 Å². The third-order valence-electron chi connectivity index (χ3n) is 2.09. The number of nitrogens with one attached hydrogen (secondary N) is 2. The molecule has 15 heavy (non-hydrogen) atoms. The summed E-state index contributed by atoms with van der Waals surface area (Å²) in [6.07, 6.45) is 0. The molecule has 0 atom stereocenters. The fourth-order valence-electron chi connectivity index (χ4n) is 1.34. The fourth-order valence-corrected chi connectivity index (χ4v) is 1.51. The van der Waals surface area contributed by atoms with Gasteiger partial charge in [0.1, 0.15) is 6.54 Å². The van der Waals surface area contributed by atoms with Gasteiger partial charge in [0.2, 0.25) is 0 Å². The molecule has 0 unspecified atom stereocenters. The number of hydrogen-bond acceptors (Lipinski definition) is 1. The van der Waals surface area contributed by atoms with E-state index in [0.29, 0.717) is 5.15 Å². The maximum Gasteiger partial charge on any atom is 0.273 e. The molecule has 0 aliphatic carbocycles. The van der Waals surface area contributed by atoms with Gasteiger partial charge >= 0.3 is 0 Å².